The summed E-state index contributed by atoms with van der Waals surface area (Å²) in [6.07, 6.45) is 0. The van der Waals surface area contributed by atoms with Crippen LogP contribution in [0.15, 0.2) is 4.99 Å². The zero-order valence-electron chi connectivity index (χ0n) is 8.72. The molecule has 0 aromatic heterocycles. The highest BCUT2D eigenvalue weighted by Gasteiger charge is 2.44. The molecule has 74 valence electrons. The zero-order valence-corrected chi connectivity index (χ0v) is 8.72. The Morgan fingerprint density at radius 2 is 2.08 bits per heavy atom. The summed E-state index contributed by atoms with van der Waals surface area (Å²) in [4.78, 5) is 17.6. The van der Waals surface area contributed by atoms with Crippen molar-refractivity contribution in [1.29, 1.82) is 0 Å². The van der Waals surface area contributed by atoms with E-state index in [0.29, 0.717) is 0 Å². The fraction of sp³-hybridized carbons (Fsp3) is 0.778. The molecule has 1 aliphatic rings. The van der Waals surface area contributed by atoms with Gasteiger partial charge in [-0.3, -0.25) is 9.79 Å². The van der Waals surface area contributed by atoms with E-state index < -0.39 is 0 Å². The first kappa shape index (κ1) is 10.0. The van der Waals surface area contributed by atoms with Crippen molar-refractivity contribution in [1.82, 2.24) is 10.2 Å². The SMILES string of the molecule is C/N=C(\C)N1CC(C)(C(=O)NC)C1. The molecule has 0 atom stereocenters. The molecule has 1 heterocycles. The average molecular weight is 183 g/mol. The molecule has 4 nitrogen and oxygen atoms in total. The van der Waals surface area contributed by atoms with Gasteiger partial charge >= 0.3 is 0 Å². The summed E-state index contributed by atoms with van der Waals surface area (Å²) in [5.41, 5.74) is -0.222. The first-order valence-electron chi connectivity index (χ1n) is 4.44. The molecule has 0 aromatic rings. The molecule has 1 aliphatic heterocycles. The van der Waals surface area contributed by atoms with E-state index in [-0.39, 0.29) is 11.3 Å². The van der Waals surface area contributed by atoms with Crippen molar-refractivity contribution in [3.63, 3.8) is 0 Å². The van der Waals surface area contributed by atoms with Crippen molar-refractivity contribution in [2.45, 2.75) is 13.8 Å². The Labute approximate surface area is 79.0 Å². The number of rotatable bonds is 1. The smallest absolute Gasteiger partial charge is 0.229 e. The minimum Gasteiger partial charge on any atom is -0.359 e. The van der Waals surface area contributed by atoms with Gasteiger partial charge in [0.15, 0.2) is 0 Å². The molecule has 1 rings (SSSR count). The molecule has 1 fully saturated rings. The lowest BCUT2D eigenvalue weighted by Crippen LogP contribution is -2.62. The molecule has 0 unspecified atom stereocenters. The predicted octanol–water partition coefficient (Wildman–Crippen LogP) is 0.103. The van der Waals surface area contributed by atoms with Gasteiger partial charge < -0.3 is 10.2 Å². The Kier molecular flexibility index (Phi) is 2.59. The molecule has 13 heavy (non-hydrogen) atoms. The molecule has 4 heteroatoms. The van der Waals surface area contributed by atoms with Gasteiger partial charge in [0.1, 0.15) is 0 Å². The normalized spacial score (nSPS) is 20.9. The third-order valence-electron chi connectivity index (χ3n) is 2.64. The van der Waals surface area contributed by atoms with Gasteiger partial charge in [-0.2, -0.15) is 0 Å². The van der Waals surface area contributed by atoms with Gasteiger partial charge in [-0.05, 0) is 13.8 Å². The predicted molar refractivity (Wildman–Crippen MR) is 52.8 cm³/mol. The van der Waals surface area contributed by atoms with Crippen LogP contribution >= 0.6 is 0 Å². The van der Waals surface area contributed by atoms with E-state index in [0.717, 1.165) is 18.9 Å². The van der Waals surface area contributed by atoms with Gasteiger partial charge in [0.25, 0.3) is 0 Å². The van der Waals surface area contributed by atoms with Gasteiger partial charge in [0.2, 0.25) is 5.91 Å². The Hall–Kier alpha value is -1.06. The highest BCUT2D eigenvalue weighted by atomic mass is 16.2. The van der Waals surface area contributed by atoms with Crippen LogP contribution in [-0.4, -0.2) is 43.8 Å². The maximum Gasteiger partial charge on any atom is 0.229 e. The largest absolute Gasteiger partial charge is 0.359 e. The summed E-state index contributed by atoms with van der Waals surface area (Å²) >= 11 is 0. The second-order valence-electron chi connectivity index (χ2n) is 3.77. The Bertz CT molecular complexity index is 241. The number of nitrogens with one attached hydrogen (secondary N) is 1. The van der Waals surface area contributed by atoms with Crippen LogP contribution in [0.2, 0.25) is 0 Å². The van der Waals surface area contributed by atoms with Gasteiger partial charge in [-0.25, -0.2) is 0 Å². The van der Waals surface area contributed by atoms with Gasteiger partial charge in [0, 0.05) is 27.2 Å². The third kappa shape index (κ3) is 1.66. The molecule has 0 aliphatic carbocycles. The third-order valence-corrected chi connectivity index (χ3v) is 2.64. The molecule has 0 spiro atoms. The quantitative estimate of drug-likeness (QED) is 0.463. The number of amides is 1. The molecule has 0 aromatic carbocycles. The first-order chi connectivity index (χ1) is 6.03. The fourth-order valence-corrected chi connectivity index (χ4v) is 1.61. The molecular weight excluding hydrogens is 166 g/mol. The second-order valence-corrected chi connectivity index (χ2v) is 3.77. The van der Waals surface area contributed by atoms with E-state index >= 15 is 0 Å². The molecule has 0 saturated carbocycles. The van der Waals surface area contributed by atoms with Crippen LogP contribution in [-0.2, 0) is 4.79 Å². The van der Waals surface area contributed by atoms with Crippen LogP contribution in [0.25, 0.3) is 0 Å². The fourth-order valence-electron chi connectivity index (χ4n) is 1.61. The minimum atomic E-state index is -0.222. The summed E-state index contributed by atoms with van der Waals surface area (Å²) in [5, 5.41) is 2.68. The average Bonchev–Trinajstić information content (AvgIpc) is 2.10. The Balaban J connectivity index is 2.52. The van der Waals surface area contributed by atoms with Gasteiger partial charge in [0.05, 0.1) is 11.3 Å². The van der Waals surface area contributed by atoms with Crippen LogP contribution < -0.4 is 5.32 Å². The van der Waals surface area contributed by atoms with Gasteiger partial charge in [-0.1, -0.05) is 0 Å². The van der Waals surface area contributed by atoms with Crippen LogP contribution in [0, 0.1) is 5.41 Å². The van der Waals surface area contributed by atoms with Crippen LogP contribution in [0.4, 0.5) is 0 Å². The molecule has 0 radical (unpaired) electrons. The van der Waals surface area contributed by atoms with Crippen molar-refractivity contribution in [2.75, 3.05) is 27.2 Å². The highest BCUT2D eigenvalue weighted by molar-refractivity contribution is 5.88. The van der Waals surface area contributed by atoms with E-state index in [2.05, 4.69) is 15.2 Å². The first-order valence-corrected chi connectivity index (χ1v) is 4.44. The van der Waals surface area contributed by atoms with E-state index in [1.54, 1.807) is 14.1 Å². The van der Waals surface area contributed by atoms with E-state index in [9.17, 15) is 4.79 Å². The summed E-state index contributed by atoms with van der Waals surface area (Å²) in [7, 11) is 3.45. The van der Waals surface area contributed by atoms with Crippen molar-refractivity contribution in [3.05, 3.63) is 0 Å². The number of nitrogens with zero attached hydrogens (tertiary/aromatic N) is 2. The molecule has 0 bridgehead atoms. The maximum atomic E-state index is 11.4. The highest BCUT2D eigenvalue weighted by Crippen LogP contribution is 2.29. The van der Waals surface area contributed by atoms with Crippen molar-refractivity contribution in [3.8, 4) is 0 Å². The lowest BCUT2D eigenvalue weighted by molar-refractivity contribution is -0.136. The van der Waals surface area contributed by atoms with Crippen molar-refractivity contribution >= 4 is 11.7 Å². The van der Waals surface area contributed by atoms with Crippen molar-refractivity contribution in [2.24, 2.45) is 10.4 Å². The molecule has 1 N–H and O–H groups in total. The maximum absolute atomic E-state index is 11.4. The monoisotopic (exact) mass is 183 g/mol. The van der Waals surface area contributed by atoms with Crippen LogP contribution in [0.3, 0.4) is 0 Å². The Morgan fingerprint density at radius 1 is 1.54 bits per heavy atom. The lowest BCUT2D eigenvalue weighted by atomic mass is 9.81. The summed E-state index contributed by atoms with van der Waals surface area (Å²) < 4.78 is 0. The number of aliphatic imine (C=N–C) groups is 1. The standard InChI is InChI=1S/C9H17N3O/c1-7(10-3)12-5-9(2,6-12)8(13)11-4/h5-6H2,1-4H3,(H,11,13)/b10-7+. The number of likely N-dealkylation sites (tertiary alicyclic amines) is 1. The summed E-state index contributed by atoms with van der Waals surface area (Å²) in [6.45, 7) is 5.49. The number of hydrogen-bond donors (Lipinski definition) is 1. The van der Waals surface area contributed by atoms with Crippen molar-refractivity contribution < 1.29 is 4.79 Å². The lowest BCUT2D eigenvalue weighted by Gasteiger charge is -2.47. The second kappa shape index (κ2) is 3.36. The van der Waals surface area contributed by atoms with Crippen LogP contribution in [0.5, 0.6) is 0 Å². The van der Waals surface area contributed by atoms with E-state index in [1.807, 2.05) is 13.8 Å². The Morgan fingerprint density at radius 3 is 2.46 bits per heavy atom. The van der Waals surface area contributed by atoms with E-state index in [1.165, 1.54) is 0 Å². The van der Waals surface area contributed by atoms with E-state index in [4.69, 9.17) is 0 Å². The van der Waals surface area contributed by atoms with Crippen LogP contribution in [0.1, 0.15) is 13.8 Å². The molecular formula is C9H17N3O. The minimum absolute atomic E-state index is 0.118. The topological polar surface area (TPSA) is 44.7 Å². The summed E-state index contributed by atoms with van der Waals surface area (Å²) in [6, 6.07) is 0. The number of hydrogen-bond acceptors (Lipinski definition) is 2. The number of carbonyl (C=O) groups is 1. The number of amidine groups is 1. The molecule has 1 saturated heterocycles. The molecule has 1 amide bonds. The zero-order chi connectivity index (χ0) is 10.1. The number of carbonyl (C=O) groups excluding carboxylic acids is 1. The summed E-state index contributed by atoms with van der Waals surface area (Å²) in [5.74, 6) is 1.12. The van der Waals surface area contributed by atoms with Gasteiger partial charge in [-0.15, -0.1) is 0 Å².